The standard InChI is InChI=1S/C21H29N5O2S/c1-15(21(22)7-9-23-10-8-21)25-18(20(28)26(2)13-24-14-27)11-16-12-29-19-6-4-3-5-17(16)19/h3-6,12,14,18,23,25H,1,7-11,13,22H2,2H3,(H,24,27). The van der Waals surface area contributed by atoms with Crippen molar-refractivity contribution in [2.45, 2.75) is 30.8 Å². The molecular weight excluding hydrogens is 386 g/mol. The highest BCUT2D eigenvalue weighted by Crippen LogP contribution is 2.28. The zero-order valence-electron chi connectivity index (χ0n) is 16.7. The Kier molecular flexibility index (Phi) is 6.89. The van der Waals surface area contributed by atoms with Crippen LogP contribution in [0.25, 0.3) is 10.1 Å². The Bertz CT molecular complexity index is 875. The van der Waals surface area contributed by atoms with Crippen molar-refractivity contribution in [2.75, 3.05) is 26.8 Å². The number of hydrogen-bond acceptors (Lipinski definition) is 6. The van der Waals surface area contributed by atoms with E-state index in [1.54, 1.807) is 18.4 Å². The molecule has 5 N–H and O–H groups in total. The van der Waals surface area contributed by atoms with E-state index in [9.17, 15) is 9.59 Å². The lowest BCUT2D eigenvalue weighted by atomic mass is 9.86. The van der Waals surface area contributed by atoms with Gasteiger partial charge in [0, 0.05) is 23.9 Å². The van der Waals surface area contributed by atoms with Crippen LogP contribution in [0.1, 0.15) is 18.4 Å². The van der Waals surface area contributed by atoms with Crippen LogP contribution in [-0.4, -0.2) is 55.6 Å². The molecule has 0 saturated carbocycles. The fourth-order valence-corrected chi connectivity index (χ4v) is 4.63. The van der Waals surface area contributed by atoms with Gasteiger partial charge in [-0.2, -0.15) is 0 Å². The van der Waals surface area contributed by atoms with Crippen LogP contribution < -0.4 is 21.7 Å². The molecule has 3 rings (SSSR count). The zero-order valence-corrected chi connectivity index (χ0v) is 17.6. The molecule has 1 fully saturated rings. The van der Waals surface area contributed by atoms with Crippen molar-refractivity contribution in [3.8, 4) is 0 Å². The number of fused-ring (bicyclic) bond motifs is 1. The van der Waals surface area contributed by atoms with Crippen molar-refractivity contribution < 1.29 is 9.59 Å². The first-order valence-electron chi connectivity index (χ1n) is 9.77. The monoisotopic (exact) mass is 415 g/mol. The topological polar surface area (TPSA) is 99.5 Å². The second-order valence-corrected chi connectivity index (χ2v) is 8.47. The van der Waals surface area contributed by atoms with Gasteiger partial charge in [-0.25, -0.2) is 0 Å². The van der Waals surface area contributed by atoms with Crippen LogP contribution in [0.4, 0.5) is 0 Å². The summed E-state index contributed by atoms with van der Waals surface area (Å²) in [5.41, 5.74) is 7.84. The van der Waals surface area contributed by atoms with Crippen molar-refractivity contribution in [1.82, 2.24) is 20.9 Å². The molecule has 1 unspecified atom stereocenters. The fourth-order valence-electron chi connectivity index (χ4n) is 3.66. The number of nitrogens with two attached hydrogens (primary N) is 1. The van der Waals surface area contributed by atoms with Crippen LogP contribution in [0.2, 0.25) is 0 Å². The predicted molar refractivity (Wildman–Crippen MR) is 117 cm³/mol. The van der Waals surface area contributed by atoms with E-state index in [1.807, 2.05) is 12.1 Å². The van der Waals surface area contributed by atoms with Gasteiger partial charge in [-0.1, -0.05) is 24.8 Å². The zero-order chi connectivity index (χ0) is 20.9. The minimum atomic E-state index is -0.542. The van der Waals surface area contributed by atoms with Gasteiger partial charge in [-0.15, -0.1) is 11.3 Å². The van der Waals surface area contributed by atoms with E-state index in [2.05, 4.69) is 40.0 Å². The summed E-state index contributed by atoms with van der Waals surface area (Å²) in [5.74, 6) is -0.117. The maximum absolute atomic E-state index is 13.2. The lowest BCUT2D eigenvalue weighted by Gasteiger charge is -2.38. The van der Waals surface area contributed by atoms with Gasteiger partial charge in [-0.05, 0) is 48.3 Å². The van der Waals surface area contributed by atoms with Crippen molar-refractivity contribution >= 4 is 33.7 Å². The van der Waals surface area contributed by atoms with E-state index in [1.165, 1.54) is 9.60 Å². The second-order valence-electron chi connectivity index (χ2n) is 7.56. The smallest absolute Gasteiger partial charge is 0.246 e. The summed E-state index contributed by atoms with van der Waals surface area (Å²) in [6.45, 7) is 5.98. The highest BCUT2D eigenvalue weighted by molar-refractivity contribution is 7.17. The predicted octanol–water partition coefficient (Wildman–Crippen LogP) is 1.16. The maximum atomic E-state index is 13.2. The molecule has 0 spiro atoms. The molecule has 7 nitrogen and oxygen atoms in total. The third-order valence-electron chi connectivity index (χ3n) is 5.52. The van der Waals surface area contributed by atoms with E-state index >= 15 is 0 Å². The number of carbonyl (C=O) groups excluding carboxylic acids is 2. The van der Waals surface area contributed by atoms with Gasteiger partial charge in [0.2, 0.25) is 12.3 Å². The molecule has 2 aromatic rings. The molecule has 156 valence electrons. The molecule has 2 amide bonds. The van der Waals surface area contributed by atoms with E-state index in [0.717, 1.165) is 36.9 Å². The van der Waals surface area contributed by atoms with Crippen LogP contribution in [-0.2, 0) is 16.0 Å². The van der Waals surface area contributed by atoms with Crippen molar-refractivity contribution in [3.05, 3.63) is 47.5 Å². The second kappa shape index (κ2) is 9.39. The summed E-state index contributed by atoms with van der Waals surface area (Å²) in [5, 5.41) is 12.4. The number of nitrogens with one attached hydrogen (secondary N) is 3. The molecule has 8 heteroatoms. The molecule has 29 heavy (non-hydrogen) atoms. The van der Waals surface area contributed by atoms with Crippen LogP contribution in [0, 0.1) is 0 Å². The number of likely N-dealkylation sites (N-methyl/N-ethyl adjacent to an activating group) is 1. The summed E-state index contributed by atoms with van der Waals surface area (Å²) >= 11 is 1.67. The Hall–Kier alpha value is -2.42. The van der Waals surface area contributed by atoms with E-state index in [4.69, 9.17) is 5.73 Å². The Morgan fingerprint density at radius 2 is 2.14 bits per heavy atom. The minimum Gasteiger partial charge on any atom is -0.376 e. The molecular formula is C21H29N5O2S. The molecule has 0 bridgehead atoms. The average molecular weight is 416 g/mol. The van der Waals surface area contributed by atoms with Gasteiger partial charge < -0.3 is 26.6 Å². The highest BCUT2D eigenvalue weighted by atomic mass is 32.1. The molecule has 0 radical (unpaired) electrons. The van der Waals surface area contributed by atoms with Crippen LogP contribution in [0.3, 0.4) is 0 Å². The molecule has 1 atom stereocenters. The summed E-state index contributed by atoms with van der Waals surface area (Å²) in [6.07, 6.45) is 2.64. The number of hydrogen-bond donors (Lipinski definition) is 4. The first-order chi connectivity index (χ1) is 13.9. The molecule has 1 saturated heterocycles. The number of piperidine rings is 1. The van der Waals surface area contributed by atoms with Crippen molar-refractivity contribution in [1.29, 1.82) is 0 Å². The minimum absolute atomic E-state index is 0.117. The van der Waals surface area contributed by atoms with Crippen LogP contribution in [0.5, 0.6) is 0 Å². The summed E-state index contributed by atoms with van der Waals surface area (Å²) < 4.78 is 1.19. The number of carbonyl (C=O) groups is 2. The number of amides is 2. The molecule has 1 aromatic carbocycles. The number of thiophene rings is 1. The van der Waals surface area contributed by atoms with E-state index in [0.29, 0.717) is 18.5 Å². The Morgan fingerprint density at radius 1 is 1.41 bits per heavy atom. The fraction of sp³-hybridized carbons (Fsp3) is 0.429. The van der Waals surface area contributed by atoms with Gasteiger partial charge in [0.05, 0.1) is 12.2 Å². The Labute approximate surface area is 175 Å². The molecule has 2 heterocycles. The van der Waals surface area contributed by atoms with E-state index < -0.39 is 11.6 Å². The van der Waals surface area contributed by atoms with Gasteiger partial charge in [0.25, 0.3) is 0 Å². The summed E-state index contributed by atoms with van der Waals surface area (Å²) in [6, 6.07) is 7.66. The number of benzene rings is 1. The third-order valence-corrected chi connectivity index (χ3v) is 6.53. The third kappa shape index (κ3) is 4.95. The van der Waals surface area contributed by atoms with E-state index in [-0.39, 0.29) is 12.6 Å². The highest BCUT2D eigenvalue weighted by Gasteiger charge is 2.33. The number of rotatable bonds is 9. The van der Waals surface area contributed by atoms with Crippen molar-refractivity contribution in [3.63, 3.8) is 0 Å². The van der Waals surface area contributed by atoms with Crippen LogP contribution in [0.15, 0.2) is 41.9 Å². The lowest BCUT2D eigenvalue weighted by molar-refractivity contribution is -0.132. The maximum Gasteiger partial charge on any atom is 0.246 e. The summed E-state index contributed by atoms with van der Waals surface area (Å²) in [4.78, 5) is 25.3. The van der Waals surface area contributed by atoms with Gasteiger partial charge in [-0.3, -0.25) is 9.59 Å². The average Bonchev–Trinajstić information content (AvgIpc) is 3.14. The Balaban J connectivity index is 1.81. The van der Waals surface area contributed by atoms with Gasteiger partial charge in [0.1, 0.15) is 6.04 Å². The molecule has 0 aliphatic carbocycles. The normalized spacial score (nSPS) is 16.8. The molecule has 1 aromatic heterocycles. The largest absolute Gasteiger partial charge is 0.376 e. The first-order valence-corrected chi connectivity index (χ1v) is 10.7. The summed E-state index contributed by atoms with van der Waals surface area (Å²) in [7, 11) is 1.67. The molecule has 1 aliphatic rings. The van der Waals surface area contributed by atoms with Crippen molar-refractivity contribution in [2.24, 2.45) is 5.73 Å². The lowest BCUT2D eigenvalue weighted by Crippen LogP contribution is -2.57. The first kappa shape index (κ1) is 21.3. The van der Waals surface area contributed by atoms with Crippen LogP contribution >= 0.6 is 11.3 Å². The SMILES string of the molecule is C=C(NC(Cc1csc2ccccc12)C(=O)N(C)CNC=O)C1(N)CCNCC1. The Morgan fingerprint density at radius 3 is 2.86 bits per heavy atom. The number of nitrogens with zero attached hydrogens (tertiary/aromatic N) is 1. The molecule has 1 aliphatic heterocycles. The van der Waals surface area contributed by atoms with Gasteiger partial charge >= 0.3 is 0 Å². The van der Waals surface area contributed by atoms with Gasteiger partial charge in [0.15, 0.2) is 0 Å². The quantitative estimate of drug-likeness (QED) is 0.364.